The number of fused-ring (bicyclic) bond motifs is 1. The Morgan fingerprint density at radius 2 is 1.98 bits per heavy atom. The van der Waals surface area contributed by atoms with Crippen molar-refractivity contribution in [2.75, 3.05) is 64.8 Å². The van der Waals surface area contributed by atoms with Gasteiger partial charge in [0.25, 0.3) is 5.91 Å². The Morgan fingerprint density at radius 1 is 1.23 bits per heavy atom. The van der Waals surface area contributed by atoms with Gasteiger partial charge in [-0.25, -0.2) is 4.39 Å². The summed E-state index contributed by atoms with van der Waals surface area (Å²) in [5.41, 5.74) is 1.31. The molecular weight excluding hydrogens is 603 g/mol. The van der Waals surface area contributed by atoms with E-state index in [9.17, 15) is 26.9 Å². The standard InChI is InChI=1S/C30H35F4N4O3PS/c1-35-29(39)19-14-24(25(41-3)15-26(19)42(4,5)40)36-12-7-10-27-20(16-30(32,33)34)18-8-6-9-23(28(18)43-27)37-22-11-13-38(2)17-21(22)31/h6,8-9,14-15,21-22,36-37H,11-13,16-17H2,1-5H3,(H,35,39). The predicted molar refractivity (Wildman–Crippen MR) is 167 cm³/mol. The Kier molecular flexibility index (Phi) is 10.00. The van der Waals surface area contributed by atoms with Gasteiger partial charge in [-0.15, -0.1) is 11.3 Å². The number of halogens is 4. The van der Waals surface area contributed by atoms with Crippen LogP contribution in [0.4, 0.5) is 28.9 Å². The number of benzene rings is 2. The van der Waals surface area contributed by atoms with E-state index in [1.165, 1.54) is 20.2 Å². The van der Waals surface area contributed by atoms with Crippen LogP contribution in [-0.2, 0) is 11.0 Å². The highest BCUT2D eigenvalue weighted by molar-refractivity contribution is 7.70. The molecule has 1 aliphatic rings. The second-order valence-electron chi connectivity index (χ2n) is 10.9. The molecule has 7 nitrogen and oxygen atoms in total. The van der Waals surface area contributed by atoms with Crippen molar-refractivity contribution in [3.8, 4) is 17.6 Å². The van der Waals surface area contributed by atoms with E-state index in [0.29, 0.717) is 38.9 Å². The third-order valence-corrected chi connectivity index (χ3v) is 9.95. The molecule has 232 valence electrons. The number of nitrogens with one attached hydrogen (secondary N) is 3. The molecule has 4 rings (SSSR count). The van der Waals surface area contributed by atoms with Gasteiger partial charge in [-0.2, -0.15) is 13.2 Å². The highest BCUT2D eigenvalue weighted by atomic mass is 32.1. The number of alkyl halides is 4. The number of hydrogen-bond acceptors (Lipinski definition) is 7. The zero-order valence-corrected chi connectivity index (χ0v) is 26.3. The van der Waals surface area contributed by atoms with Gasteiger partial charge < -0.3 is 30.2 Å². The number of hydrogen-bond donors (Lipinski definition) is 3. The Morgan fingerprint density at radius 3 is 2.60 bits per heavy atom. The van der Waals surface area contributed by atoms with E-state index >= 15 is 0 Å². The fraction of sp³-hybridized carbons (Fsp3) is 0.433. The lowest BCUT2D eigenvalue weighted by atomic mass is 10.0. The van der Waals surface area contributed by atoms with E-state index in [0.717, 1.165) is 17.9 Å². The van der Waals surface area contributed by atoms with Crippen molar-refractivity contribution in [2.24, 2.45) is 0 Å². The molecule has 1 amide bonds. The summed E-state index contributed by atoms with van der Waals surface area (Å²) in [6, 6.07) is 7.70. The van der Waals surface area contributed by atoms with Gasteiger partial charge in [0, 0.05) is 25.4 Å². The summed E-state index contributed by atoms with van der Waals surface area (Å²) in [6.45, 7) is 4.15. The van der Waals surface area contributed by atoms with Crippen LogP contribution in [0.1, 0.15) is 27.2 Å². The minimum atomic E-state index is -4.45. The van der Waals surface area contributed by atoms with Crippen LogP contribution in [-0.4, -0.2) is 83.4 Å². The van der Waals surface area contributed by atoms with E-state index in [-0.39, 0.29) is 29.1 Å². The molecule has 1 fully saturated rings. The summed E-state index contributed by atoms with van der Waals surface area (Å²) < 4.78 is 74.5. The van der Waals surface area contributed by atoms with Gasteiger partial charge in [-0.05, 0) is 55.9 Å². The second-order valence-corrected chi connectivity index (χ2v) is 15.1. The first-order valence-corrected chi connectivity index (χ1v) is 17.1. The van der Waals surface area contributed by atoms with Gasteiger partial charge in [-0.3, -0.25) is 4.79 Å². The maximum absolute atomic E-state index is 14.7. The summed E-state index contributed by atoms with van der Waals surface area (Å²) in [5.74, 6) is 5.73. The number of carbonyl (C=O) groups excluding carboxylic acids is 1. The van der Waals surface area contributed by atoms with E-state index < -0.39 is 37.9 Å². The van der Waals surface area contributed by atoms with E-state index in [1.54, 1.807) is 37.6 Å². The largest absolute Gasteiger partial charge is 0.495 e. The number of rotatable bonds is 8. The first kappa shape index (κ1) is 32.6. The molecule has 2 aromatic carbocycles. The van der Waals surface area contributed by atoms with Crippen LogP contribution < -0.4 is 26.0 Å². The molecule has 2 unspecified atom stereocenters. The first-order valence-electron chi connectivity index (χ1n) is 13.6. The number of methoxy groups -OCH3 is 1. The lowest BCUT2D eigenvalue weighted by Gasteiger charge is -2.33. The van der Waals surface area contributed by atoms with Crippen molar-refractivity contribution < 1.29 is 31.7 Å². The van der Waals surface area contributed by atoms with Crippen LogP contribution in [0, 0.1) is 11.8 Å². The molecule has 1 saturated heterocycles. The van der Waals surface area contributed by atoms with E-state index in [1.807, 2.05) is 11.9 Å². The Hall–Kier alpha value is -3.26. The monoisotopic (exact) mass is 638 g/mol. The lowest BCUT2D eigenvalue weighted by molar-refractivity contribution is -0.126. The van der Waals surface area contributed by atoms with Crippen LogP contribution >= 0.6 is 18.5 Å². The van der Waals surface area contributed by atoms with Crippen LogP contribution in [0.15, 0.2) is 30.3 Å². The van der Waals surface area contributed by atoms with Crippen LogP contribution in [0.5, 0.6) is 5.75 Å². The molecule has 2 atom stereocenters. The van der Waals surface area contributed by atoms with Crippen molar-refractivity contribution in [1.29, 1.82) is 0 Å². The predicted octanol–water partition coefficient (Wildman–Crippen LogP) is 5.54. The van der Waals surface area contributed by atoms with Crippen LogP contribution in [0.3, 0.4) is 0 Å². The summed E-state index contributed by atoms with van der Waals surface area (Å²) in [4.78, 5) is 14.7. The van der Waals surface area contributed by atoms with Crippen LogP contribution in [0.2, 0.25) is 0 Å². The highest BCUT2D eigenvalue weighted by Crippen LogP contribution is 2.41. The van der Waals surface area contributed by atoms with Gasteiger partial charge >= 0.3 is 6.18 Å². The SMILES string of the molecule is CNC(=O)c1cc(NCC#Cc2sc3c(NC4CCN(C)CC4F)cccc3c2CC(F)(F)F)c(OC)cc1P(C)(C)=O. The normalized spacial score (nSPS) is 17.7. The molecule has 0 spiro atoms. The third-order valence-electron chi connectivity index (χ3n) is 7.22. The fourth-order valence-electron chi connectivity index (χ4n) is 5.08. The number of likely N-dealkylation sites (tertiary alicyclic amines) is 1. The smallest absolute Gasteiger partial charge is 0.393 e. The van der Waals surface area contributed by atoms with Crippen molar-refractivity contribution in [3.63, 3.8) is 0 Å². The molecule has 0 bridgehead atoms. The molecule has 13 heteroatoms. The molecule has 43 heavy (non-hydrogen) atoms. The average molecular weight is 639 g/mol. The zero-order chi connectivity index (χ0) is 31.5. The minimum Gasteiger partial charge on any atom is -0.495 e. The molecule has 0 radical (unpaired) electrons. The first-order chi connectivity index (χ1) is 20.2. The zero-order valence-electron chi connectivity index (χ0n) is 24.6. The summed E-state index contributed by atoms with van der Waals surface area (Å²) in [6.07, 6.45) is -6.13. The molecular formula is C30H35F4N4O3PS. The summed E-state index contributed by atoms with van der Waals surface area (Å²) in [7, 11) is 1.93. The number of piperidine rings is 1. The van der Waals surface area contributed by atoms with Crippen LogP contribution in [0.25, 0.3) is 10.1 Å². The van der Waals surface area contributed by atoms with Gasteiger partial charge in [0.15, 0.2) is 0 Å². The van der Waals surface area contributed by atoms with Crippen molar-refractivity contribution in [3.05, 3.63) is 46.3 Å². The molecule has 0 saturated carbocycles. The second kappa shape index (κ2) is 13.2. The van der Waals surface area contributed by atoms with Gasteiger partial charge in [0.2, 0.25) is 0 Å². The van der Waals surface area contributed by atoms with Crippen molar-refractivity contribution in [1.82, 2.24) is 10.2 Å². The molecule has 1 aliphatic heterocycles. The van der Waals surface area contributed by atoms with Crippen molar-refractivity contribution in [2.45, 2.75) is 31.2 Å². The third kappa shape index (κ3) is 7.83. The number of amides is 1. The molecule has 3 N–H and O–H groups in total. The fourth-order valence-corrected chi connectivity index (χ4v) is 7.43. The molecule has 2 heterocycles. The average Bonchev–Trinajstić information content (AvgIpc) is 3.27. The molecule has 3 aromatic rings. The maximum Gasteiger partial charge on any atom is 0.393 e. The number of nitrogens with zero attached hydrogens (tertiary/aromatic N) is 1. The van der Waals surface area contributed by atoms with E-state index in [2.05, 4.69) is 27.8 Å². The molecule has 0 aliphatic carbocycles. The topological polar surface area (TPSA) is 82.7 Å². The Bertz CT molecular complexity index is 1610. The Balaban J connectivity index is 1.65. The highest BCUT2D eigenvalue weighted by Gasteiger charge is 2.32. The van der Waals surface area contributed by atoms with Crippen molar-refractivity contribution >= 4 is 51.2 Å². The summed E-state index contributed by atoms with van der Waals surface area (Å²) in [5, 5.41) is 9.64. The number of carbonyl (C=O) groups is 1. The van der Waals surface area contributed by atoms with E-state index in [4.69, 9.17) is 4.74 Å². The van der Waals surface area contributed by atoms with Gasteiger partial charge in [0.1, 0.15) is 19.1 Å². The van der Waals surface area contributed by atoms with Gasteiger partial charge in [-0.1, -0.05) is 24.0 Å². The number of ether oxygens (including phenoxy) is 1. The lowest BCUT2D eigenvalue weighted by Crippen LogP contribution is -2.46. The number of anilines is 2. The number of thiophene rings is 1. The molecule has 1 aromatic heterocycles. The maximum atomic E-state index is 14.7. The Labute approximate surface area is 252 Å². The quantitative estimate of drug-likeness (QED) is 0.171. The summed E-state index contributed by atoms with van der Waals surface area (Å²) >= 11 is 1.14. The minimum absolute atomic E-state index is 0.0305. The van der Waals surface area contributed by atoms with Gasteiger partial charge in [0.05, 0.1) is 52.6 Å².